The van der Waals surface area contributed by atoms with Crippen molar-refractivity contribution in [3.63, 3.8) is 0 Å². The second kappa shape index (κ2) is 6.01. The summed E-state index contributed by atoms with van der Waals surface area (Å²) < 4.78 is 0. The van der Waals surface area contributed by atoms with Gasteiger partial charge in [-0.2, -0.15) is 0 Å². The van der Waals surface area contributed by atoms with E-state index in [0.717, 1.165) is 10.0 Å². The van der Waals surface area contributed by atoms with Crippen LogP contribution in [0.15, 0.2) is 66.7 Å². The number of rotatable bonds is 1. The van der Waals surface area contributed by atoms with Crippen LogP contribution < -0.4 is 15.6 Å². The molecule has 0 spiro atoms. The minimum Gasteiger partial charge on any atom is -0.0843 e. The minimum atomic E-state index is -1.61. The van der Waals surface area contributed by atoms with Crippen molar-refractivity contribution in [1.29, 1.82) is 0 Å². The zero-order valence-corrected chi connectivity index (χ0v) is 15.0. The highest BCUT2D eigenvalue weighted by atomic mass is 35.5. The van der Waals surface area contributed by atoms with Crippen molar-refractivity contribution >= 4 is 59.7 Å². The van der Waals surface area contributed by atoms with Gasteiger partial charge in [-0.15, -0.1) is 0 Å². The van der Waals surface area contributed by atoms with Gasteiger partial charge >= 0.3 is 0 Å². The largest absolute Gasteiger partial charge is 0.134 e. The van der Waals surface area contributed by atoms with Crippen molar-refractivity contribution in [2.24, 2.45) is 0 Å². The first kappa shape index (κ1) is 14.8. The summed E-state index contributed by atoms with van der Waals surface area (Å²) in [5.41, 5.74) is 2.50. The molecule has 0 nitrogen and oxygen atoms in total. The Labute approximate surface area is 147 Å². The van der Waals surface area contributed by atoms with Crippen LogP contribution in [0.4, 0.5) is 0 Å². The number of hydrogen-bond acceptors (Lipinski definition) is 0. The van der Waals surface area contributed by atoms with E-state index in [9.17, 15) is 0 Å². The highest BCUT2D eigenvalue weighted by molar-refractivity contribution is 6.96. The maximum absolute atomic E-state index is 6.31. The number of benzene rings is 3. The van der Waals surface area contributed by atoms with Crippen LogP contribution in [0.25, 0.3) is 12.2 Å². The monoisotopic (exact) mass is 352 g/mol. The average molecular weight is 353 g/mol. The van der Waals surface area contributed by atoms with Crippen molar-refractivity contribution in [2.75, 3.05) is 0 Å². The molecule has 1 aliphatic rings. The summed E-state index contributed by atoms with van der Waals surface area (Å²) in [6, 6.07) is 23.1. The molecule has 0 N–H and O–H groups in total. The predicted octanol–water partition coefficient (Wildman–Crippen LogP) is 3.73. The summed E-state index contributed by atoms with van der Waals surface area (Å²) in [5.74, 6) is 0. The van der Waals surface area contributed by atoms with Gasteiger partial charge in [-0.1, -0.05) is 83.0 Å². The second-order valence-electron chi connectivity index (χ2n) is 5.72. The third-order valence-corrected chi connectivity index (χ3v) is 8.06. The van der Waals surface area contributed by atoms with E-state index in [4.69, 9.17) is 23.2 Å². The molecule has 0 bridgehead atoms. The lowest BCUT2D eigenvalue weighted by Gasteiger charge is -2.20. The quantitative estimate of drug-likeness (QED) is 0.458. The van der Waals surface area contributed by atoms with Crippen LogP contribution in [0.1, 0.15) is 11.1 Å². The first-order valence-electron chi connectivity index (χ1n) is 7.54. The molecule has 3 aromatic rings. The molecule has 1 heterocycles. The van der Waals surface area contributed by atoms with Gasteiger partial charge in [-0.3, -0.25) is 0 Å². The highest BCUT2D eigenvalue weighted by Crippen LogP contribution is 2.18. The van der Waals surface area contributed by atoms with Crippen molar-refractivity contribution in [3.8, 4) is 0 Å². The molecule has 0 radical (unpaired) electrons. The van der Waals surface area contributed by atoms with Crippen LogP contribution >= 0.6 is 23.2 Å². The summed E-state index contributed by atoms with van der Waals surface area (Å²) in [5, 5.41) is 5.65. The fraction of sp³-hybridized carbons (Fsp3) is 0. The molecule has 0 fully saturated rings. The standard InChI is InChI=1S/C20H14Cl2Si/c21-16-10-8-14-6-7-15-9-11-17(22)13-20(15)23(19(14)12-16)18-4-2-1-3-5-18/h1-13,23H. The zero-order valence-electron chi connectivity index (χ0n) is 12.3. The Morgan fingerprint density at radius 1 is 0.609 bits per heavy atom. The Hall–Kier alpha value is -1.80. The summed E-state index contributed by atoms with van der Waals surface area (Å²) in [7, 11) is -1.61. The smallest absolute Gasteiger partial charge is 0.0843 e. The van der Waals surface area contributed by atoms with Crippen LogP contribution in [0, 0.1) is 0 Å². The Kier molecular flexibility index (Phi) is 3.86. The SMILES string of the molecule is Clc1ccc2c(c1)[SiH](c1ccccc1)c1cc(Cl)ccc1C=C2. The lowest BCUT2D eigenvalue weighted by atomic mass is 10.1. The average Bonchev–Trinajstić information content (AvgIpc) is 2.71. The van der Waals surface area contributed by atoms with Gasteiger partial charge < -0.3 is 0 Å². The van der Waals surface area contributed by atoms with E-state index in [-0.39, 0.29) is 0 Å². The molecule has 112 valence electrons. The van der Waals surface area contributed by atoms with E-state index < -0.39 is 8.80 Å². The van der Waals surface area contributed by atoms with Crippen molar-refractivity contribution in [3.05, 3.63) is 87.9 Å². The molecule has 4 rings (SSSR count). The molecule has 0 saturated carbocycles. The van der Waals surface area contributed by atoms with Gasteiger partial charge in [-0.25, -0.2) is 0 Å². The fourth-order valence-electron chi connectivity index (χ4n) is 3.25. The highest BCUT2D eigenvalue weighted by Gasteiger charge is 2.25. The first-order chi connectivity index (χ1) is 11.2. The summed E-state index contributed by atoms with van der Waals surface area (Å²) >= 11 is 12.6. The van der Waals surface area contributed by atoms with Gasteiger partial charge in [0, 0.05) is 10.0 Å². The molecule has 0 atom stereocenters. The molecular formula is C20H14Cl2Si. The van der Waals surface area contributed by atoms with Crippen LogP contribution in [0.3, 0.4) is 0 Å². The Bertz CT molecular complexity index is 845. The summed E-state index contributed by atoms with van der Waals surface area (Å²) in [4.78, 5) is 0. The van der Waals surface area contributed by atoms with Crippen molar-refractivity contribution in [2.45, 2.75) is 0 Å². The number of halogens is 2. The van der Waals surface area contributed by atoms with Gasteiger partial charge in [-0.05, 0) is 45.8 Å². The van der Waals surface area contributed by atoms with Crippen LogP contribution in [-0.2, 0) is 0 Å². The van der Waals surface area contributed by atoms with E-state index in [1.165, 1.54) is 26.7 Å². The Morgan fingerprint density at radius 3 is 1.65 bits per heavy atom. The Balaban J connectivity index is 2.04. The van der Waals surface area contributed by atoms with Gasteiger partial charge in [0.05, 0.1) is 0 Å². The Morgan fingerprint density at radius 2 is 1.13 bits per heavy atom. The summed E-state index contributed by atoms with van der Waals surface area (Å²) in [6.45, 7) is 0. The third-order valence-electron chi connectivity index (χ3n) is 4.30. The molecule has 3 aromatic carbocycles. The topological polar surface area (TPSA) is 0 Å². The van der Waals surface area contributed by atoms with Crippen molar-refractivity contribution < 1.29 is 0 Å². The van der Waals surface area contributed by atoms with Gasteiger partial charge in [0.1, 0.15) is 8.80 Å². The number of hydrogen-bond donors (Lipinski definition) is 0. The van der Waals surface area contributed by atoms with E-state index in [1.807, 2.05) is 12.1 Å². The van der Waals surface area contributed by atoms with Gasteiger partial charge in [0.25, 0.3) is 0 Å². The maximum Gasteiger partial charge on any atom is 0.134 e. The molecule has 23 heavy (non-hydrogen) atoms. The first-order valence-corrected chi connectivity index (χ1v) is 10.0. The lowest BCUT2D eigenvalue weighted by molar-refractivity contribution is 1.69. The maximum atomic E-state index is 6.31. The van der Waals surface area contributed by atoms with Gasteiger partial charge in [0.2, 0.25) is 0 Å². The third kappa shape index (κ3) is 2.76. The molecule has 0 saturated heterocycles. The van der Waals surface area contributed by atoms with Crippen LogP contribution in [0.5, 0.6) is 0 Å². The van der Waals surface area contributed by atoms with Crippen molar-refractivity contribution in [1.82, 2.24) is 0 Å². The zero-order chi connectivity index (χ0) is 15.8. The van der Waals surface area contributed by atoms with E-state index in [2.05, 4.69) is 66.7 Å². The second-order valence-corrected chi connectivity index (χ2v) is 9.37. The molecule has 0 aromatic heterocycles. The molecular weight excluding hydrogens is 339 g/mol. The molecule has 0 aliphatic carbocycles. The van der Waals surface area contributed by atoms with E-state index in [1.54, 1.807) is 0 Å². The van der Waals surface area contributed by atoms with Gasteiger partial charge in [0.15, 0.2) is 0 Å². The lowest BCUT2D eigenvalue weighted by Crippen LogP contribution is -2.53. The molecule has 3 heteroatoms. The minimum absolute atomic E-state index is 0.788. The normalized spacial score (nSPS) is 13.3. The summed E-state index contributed by atoms with van der Waals surface area (Å²) in [6.07, 6.45) is 4.38. The molecule has 1 aliphatic heterocycles. The predicted molar refractivity (Wildman–Crippen MR) is 104 cm³/mol. The number of fused-ring (bicyclic) bond motifs is 2. The van der Waals surface area contributed by atoms with E-state index in [0.29, 0.717) is 0 Å². The van der Waals surface area contributed by atoms with Crippen LogP contribution in [-0.4, -0.2) is 8.80 Å². The van der Waals surface area contributed by atoms with E-state index >= 15 is 0 Å². The molecule has 0 amide bonds. The van der Waals surface area contributed by atoms with Crippen LogP contribution in [0.2, 0.25) is 10.0 Å². The fourth-order valence-corrected chi connectivity index (χ4v) is 7.22. The molecule has 0 unspecified atom stereocenters.